The average Bonchev–Trinajstić information content (AvgIpc) is 3.03. The number of hydrogen-bond donors (Lipinski definition) is 0. The van der Waals surface area contributed by atoms with E-state index in [1.165, 1.54) is 11.1 Å². The number of anilines is 1. The van der Waals surface area contributed by atoms with Crippen molar-refractivity contribution in [3.8, 4) is 0 Å². The number of carbonyl (C=O) groups excluding carboxylic acids is 2. The first-order valence-electron chi connectivity index (χ1n) is 9.73. The Morgan fingerprint density at radius 2 is 1.73 bits per heavy atom. The standard InChI is InChI=1S/C22H17Cl3N2O3/c23-12-3-1-11(2-4-12)19-18-20(28)15-9-13(24)5-7-16(15)30-21(18)22(29)27(19)17-8-6-14(25)10-26-17/h1-4,6,8,10,13,15-16,19H,5,7,9H2. The number of Topliss-reactive ketones (excluding diaryl/α,β-unsaturated/α-hetero) is 1. The zero-order valence-corrected chi connectivity index (χ0v) is 18.0. The molecule has 1 aromatic heterocycles. The van der Waals surface area contributed by atoms with Crippen LogP contribution in [0.4, 0.5) is 5.82 Å². The number of halogens is 3. The Labute approximate surface area is 188 Å². The van der Waals surface area contributed by atoms with Gasteiger partial charge in [0.1, 0.15) is 11.9 Å². The van der Waals surface area contributed by atoms with Crippen LogP contribution in [0, 0.1) is 5.92 Å². The topological polar surface area (TPSA) is 59.5 Å². The van der Waals surface area contributed by atoms with Crippen LogP contribution < -0.4 is 4.90 Å². The van der Waals surface area contributed by atoms with Crippen molar-refractivity contribution in [3.05, 3.63) is 69.5 Å². The van der Waals surface area contributed by atoms with Crippen molar-refractivity contribution in [2.75, 3.05) is 4.90 Å². The largest absolute Gasteiger partial charge is 0.483 e. The number of hydrogen-bond acceptors (Lipinski definition) is 4. The van der Waals surface area contributed by atoms with Gasteiger partial charge in [-0.25, -0.2) is 4.98 Å². The Morgan fingerprint density at radius 3 is 2.43 bits per heavy atom. The third kappa shape index (κ3) is 3.20. The van der Waals surface area contributed by atoms with E-state index >= 15 is 0 Å². The van der Waals surface area contributed by atoms with Crippen LogP contribution in [-0.2, 0) is 14.3 Å². The lowest BCUT2D eigenvalue weighted by Crippen LogP contribution is -2.41. The van der Waals surface area contributed by atoms with Crippen molar-refractivity contribution in [3.63, 3.8) is 0 Å². The van der Waals surface area contributed by atoms with Crippen LogP contribution in [0.25, 0.3) is 0 Å². The molecule has 4 atom stereocenters. The van der Waals surface area contributed by atoms with Crippen molar-refractivity contribution >= 4 is 52.3 Å². The minimum Gasteiger partial charge on any atom is -0.483 e. The van der Waals surface area contributed by atoms with Crippen molar-refractivity contribution in [1.82, 2.24) is 4.98 Å². The summed E-state index contributed by atoms with van der Waals surface area (Å²) in [4.78, 5) is 32.8. The van der Waals surface area contributed by atoms with Gasteiger partial charge in [0.25, 0.3) is 5.91 Å². The van der Waals surface area contributed by atoms with E-state index in [9.17, 15) is 9.59 Å². The molecule has 5 rings (SSSR count). The number of benzene rings is 1. The number of pyridine rings is 1. The third-order valence-electron chi connectivity index (χ3n) is 5.93. The first kappa shape index (κ1) is 19.9. The van der Waals surface area contributed by atoms with Crippen LogP contribution in [0.1, 0.15) is 30.9 Å². The van der Waals surface area contributed by atoms with Crippen LogP contribution in [0.5, 0.6) is 0 Å². The van der Waals surface area contributed by atoms with E-state index in [2.05, 4.69) is 4.98 Å². The van der Waals surface area contributed by atoms with Gasteiger partial charge in [-0.2, -0.15) is 0 Å². The van der Waals surface area contributed by atoms with Crippen molar-refractivity contribution in [1.29, 1.82) is 0 Å². The fourth-order valence-electron chi connectivity index (χ4n) is 4.52. The van der Waals surface area contributed by atoms with Crippen molar-refractivity contribution in [2.45, 2.75) is 36.8 Å². The summed E-state index contributed by atoms with van der Waals surface area (Å²) in [6.45, 7) is 0. The lowest BCUT2D eigenvalue weighted by Gasteiger charge is -2.37. The smallest absolute Gasteiger partial charge is 0.295 e. The van der Waals surface area contributed by atoms with Gasteiger partial charge in [0.05, 0.1) is 22.6 Å². The van der Waals surface area contributed by atoms with Gasteiger partial charge in [0, 0.05) is 16.6 Å². The SMILES string of the molecule is O=C1C2=C(OC3CCC(Cl)CC13)C(=O)N(c1ccc(Cl)cn1)C2c1ccc(Cl)cc1. The average molecular weight is 464 g/mol. The molecule has 2 aliphatic heterocycles. The highest BCUT2D eigenvalue weighted by Gasteiger charge is 2.53. The number of fused-ring (bicyclic) bond motifs is 1. The second-order valence-corrected chi connectivity index (χ2v) is 9.23. The Morgan fingerprint density at radius 1 is 1.00 bits per heavy atom. The molecule has 4 unspecified atom stereocenters. The van der Waals surface area contributed by atoms with Crippen molar-refractivity contribution < 1.29 is 14.3 Å². The minimum atomic E-state index is -0.650. The molecule has 1 fully saturated rings. The Bertz CT molecular complexity index is 1050. The second-order valence-electron chi connectivity index (χ2n) is 7.74. The summed E-state index contributed by atoms with van der Waals surface area (Å²) in [6, 6.07) is 9.76. The number of amides is 1. The molecule has 1 amide bonds. The third-order valence-corrected chi connectivity index (χ3v) is 6.80. The molecule has 3 aliphatic rings. The second kappa shape index (κ2) is 7.56. The molecular weight excluding hydrogens is 447 g/mol. The number of carbonyl (C=O) groups is 2. The number of alkyl halides is 1. The van der Waals surface area contributed by atoms with E-state index < -0.39 is 6.04 Å². The van der Waals surface area contributed by atoms with Gasteiger partial charge >= 0.3 is 0 Å². The number of rotatable bonds is 2. The van der Waals surface area contributed by atoms with Gasteiger partial charge in [-0.1, -0.05) is 35.3 Å². The Kier molecular flexibility index (Phi) is 5.00. The summed E-state index contributed by atoms with van der Waals surface area (Å²) < 4.78 is 6.13. The van der Waals surface area contributed by atoms with Crippen LogP contribution in [0.3, 0.4) is 0 Å². The first-order chi connectivity index (χ1) is 14.4. The first-order valence-corrected chi connectivity index (χ1v) is 10.9. The molecule has 0 N–H and O–H groups in total. The lowest BCUT2D eigenvalue weighted by molar-refractivity contribution is -0.131. The molecule has 1 aliphatic carbocycles. The zero-order valence-electron chi connectivity index (χ0n) is 15.7. The highest BCUT2D eigenvalue weighted by molar-refractivity contribution is 6.31. The summed E-state index contributed by atoms with van der Waals surface area (Å²) in [7, 11) is 0. The maximum Gasteiger partial charge on any atom is 0.295 e. The predicted octanol–water partition coefficient (Wildman–Crippen LogP) is 5.11. The number of ether oxygens (including phenoxy) is 1. The summed E-state index contributed by atoms with van der Waals surface area (Å²) in [5, 5.41) is 0.954. The maximum atomic E-state index is 13.6. The van der Waals surface area contributed by atoms with Gasteiger partial charge in [0.15, 0.2) is 11.5 Å². The quantitative estimate of drug-likeness (QED) is 0.581. The molecule has 3 heterocycles. The molecule has 5 nitrogen and oxygen atoms in total. The van der Waals surface area contributed by atoms with Gasteiger partial charge in [-0.15, -0.1) is 11.6 Å². The maximum absolute atomic E-state index is 13.6. The van der Waals surface area contributed by atoms with Crippen LogP contribution in [-0.4, -0.2) is 28.2 Å². The van der Waals surface area contributed by atoms with E-state index in [1.807, 2.05) is 12.1 Å². The van der Waals surface area contributed by atoms with Crippen molar-refractivity contribution in [2.24, 2.45) is 5.92 Å². The van der Waals surface area contributed by atoms with Gasteiger partial charge in [-0.3, -0.25) is 14.5 Å². The van der Waals surface area contributed by atoms with E-state index in [4.69, 9.17) is 39.5 Å². The van der Waals surface area contributed by atoms with Crippen LogP contribution >= 0.6 is 34.8 Å². The molecule has 0 saturated heterocycles. The highest BCUT2D eigenvalue weighted by atomic mass is 35.5. The van der Waals surface area contributed by atoms with Gasteiger partial charge < -0.3 is 4.74 Å². The molecule has 0 radical (unpaired) electrons. The summed E-state index contributed by atoms with van der Waals surface area (Å²) in [6.07, 6.45) is 3.11. The molecule has 2 aromatic rings. The van der Waals surface area contributed by atoms with Gasteiger partial charge in [0.2, 0.25) is 0 Å². The number of ketones is 1. The van der Waals surface area contributed by atoms with Crippen LogP contribution in [0.15, 0.2) is 53.9 Å². The Balaban J connectivity index is 1.64. The molecular formula is C22H17Cl3N2O3. The molecule has 0 bridgehead atoms. The van der Waals surface area contributed by atoms with Crippen LogP contribution in [0.2, 0.25) is 10.0 Å². The highest BCUT2D eigenvalue weighted by Crippen LogP contribution is 2.48. The number of nitrogens with zero attached hydrogens (tertiary/aromatic N) is 2. The van der Waals surface area contributed by atoms with E-state index in [1.54, 1.807) is 24.3 Å². The summed E-state index contributed by atoms with van der Waals surface area (Å²) in [5.74, 6) is -0.282. The summed E-state index contributed by atoms with van der Waals surface area (Å²) in [5.41, 5.74) is 1.12. The zero-order chi connectivity index (χ0) is 21.0. The normalized spacial score (nSPS) is 28.3. The molecule has 0 spiro atoms. The fraction of sp³-hybridized carbons (Fsp3) is 0.318. The van der Waals surface area contributed by atoms with Gasteiger partial charge in [-0.05, 0) is 49.1 Å². The van der Waals surface area contributed by atoms with E-state index in [0.29, 0.717) is 34.3 Å². The lowest BCUT2D eigenvalue weighted by atomic mass is 9.77. The van der Waals surface area contributed by atoms with E-state index in [-0.39, 0.29) is 34.8 Å². The molecule has 1 aromatic carbocycles. The molecule has 1 saturated carbocycles. The fourth-order valence-corrected chi connectivity index (χ4v) is 5.08. The predicted molar refractivity (Wildman–Crippen MR) is 115 cm³/mol. The Hall–Kier alpha value is -2.08. The monoisotopic (exact) mass is 462 g/mol. The minimum absolute atomic E-state index is 0.0685. The summed E-state index contributed by atoms with van der Waals surface area (Å²) >= 11 is 18.4. The molecule has 8 heteroatoms. The number of aromatic nitrogens is 1. The van der Waals surface area contributed by atoms with E-state index in [0.717, 1.165) is 12.0 Å². The molecule has 154 valence electrons. The molecule has 30 heavy (non-hydrogen) atoms.